The normalized spacial score (nSPS) is 15.9. The van der Waals surface area contributed by atoms with Gasteiger partial charge in [0, 0.05) is 28.2 Å². The Labute approximate surface area is 102 Å². The van der Waals surface area contributed by atoms with Crippen LogP contribution in [-0.4, -0.2) is 22.9 Å². The molecule has 0 unspecified atom stereocenters. The van der Waals surface area contributed by atoms with Crippen LogP contribution in [0.1, 0.15) is 5.56 Å². The van der Waals surface area contributed by atoms with Gasteiger partial charge in [0.1, 0.15) is 0 Å². The molecule has 76 valence electrons. The molecular weight excluding hydrogens is 278 g/mol. The van der Waals surface area contributed by atoms with Crippen molar-refractivity contribution in [1.29, 1.82) is 0 Å². The lowest BCUT2D eigenvalue weighted by molar-refractivity contribution is 0.511. The Bertz CT molecular complexity index is 330. The van der Waals surface area contributed by atoms with E-state index >= 15 is 0 Å². The Hall–Kier alpha value is 0.360. The van der Waals surface area contributed by atoms with Crippen LogP contribution < -0.4 is 0 Å². The van der Waals surface area contributed by atoms with Crippen LogP contribution in [0.4, 0.5) is 0 Å². The molecule has 0 aromatic heterocycles. The Morgan fingerprint density at radius 2 is 2.43 bits per heavy atom. The zero-order valence-electron chi connectivity index (χ0n) is 8.00. The number of hydrogen-bond donors (Lipinski definition) is 0. The first-order valence-electron chi connectivity index (χ1n) is 4.50. The second kappa shape index (κ2) is 4.92. The summed E-state index contributed by atoms with van der Waals surface area (Å²) < 4.78 is 3.61. The van der Waals surface area contributed by atoms with E-state index in [0.717, 1.165) is 13.1 Å². The van der Waals surface area contributed by atoms with E-state index in [4.69, 9.17) is 0 Å². The number of thioether (sulfide) groups is 1. The molecule has 2 rings (SSSR count). The fraction of sp³-hybridized carbons (Fsp3) is 0.400. The third kappa shape index (κ3) is 2.48. The highest BCUT2D eigenvalue weighted by Crippen LogP contribution is 2.36. The molecule has 1 nitrogen and oxygen atoms in total. The van der Waals surface area contributed by atoms with Gasteiger partial charge >= 0.3 is 0 Å². The first-order valence-corrected chi connectivity index (χ1v) is 7.46. The highest BCUT2D eigenvalue weighted by Gasteiger charge is 2.19. The van der Waals surface area contributed by atoms with Crippen molar-refractivity contribution < 1.29 is 0 Å². The number of nitrogens with zero attached hydrogens (tertiary/aromatic N) is 1. The summed E-state index contributed by atoms with van der Waals surface area (Å²) in [5.74, 6) is 1.21. The summed E-state index contributed by atoms with van der Waals surface area (Å²) in [5, 5.41) is 0. The van der Waals surface area contributed by atoms with Gasteiger partial charge in [-0.05, 0) is 42.0 Å². The number of fused-ring (bicyclic) bond motifs is 1. The van der Waals surface area contributed by atoms with Crippen molar-refractivity contribution in [2.24, 2.45) is 0 Å². The van der Waals surface area contributed by atoms with Crippen molar-refractivity contribution >= 4 is 39.6 Å². The number of halogens is 1. The largest absolute Gasteiger partial charge is 0.241 e. The number of benzene rings is 1. The molecule has 1 aromatic rings. The van der Waals surface area contributed by atoms with Gasteiger partial charge in [-0.1, -0.05) is 15.9 Å². The Balaban J connectivity index is 2.03. The molecule has 0 amide bonds. The molecule has 1 heterocycles. The molecule has 0 bridgehead atoms. The molecule has 0 saturated heterocycles. The van der Waals surface area contributed by atoms with Gasteiger partial charge in [0.15, 0.2) is 0 Å². The molecule has 0 fully saturated rings. The summed E-state index contributed by atoms with van der Waals surface area (Å²) in [4.78, 5) is 1.41. The minimum Gasteiger partial charge on any atom is -0.241 e. The third-order valence-electron chi connectivity index (χ3n) is 2.14. The fourth-order valence-corrected chi connectivity index (χ4v) is 3.40. The van der Waals surface area contributed by atoms with Crippen molar-refractivity contribution in [2.75, 3.05) is 18.6 Å². The zero-order valence-corrected chi connectivity index (χ0v) is 11.2. The van der Waals surface area contributed by atoms with Crippen LogP contribution in [0.2, 0.25) is 0 Å². The van der Waals surface area contributed by atoms with Crippen LogP contribution in [0.5, 0.6) is 0 Å². The molecular formula is C10H12BrNS2. The van der Waals surface area contributed by atoms with Crippen molar-refractivity contribution in [1.82, 2.24) is 4.31 Å². The maximum Gasteiger partial charge on any atom is 0.0356 e. The van der Waals surface area contributed by atoms with E-state index in [9.17, 15) is 0 Å². The Morgan fingerprint density at radius 3 is 3.21 bits per heavy atom. The minimum atomic E-state index is 1.08. The molecule has 1 aliphatic heterocycles. The van der Waals surface area contributed by atoms with Crippen molar-refractivity contribution in [2.45, 2.75) is 11.4 Å². The van der Waals surface area contributed by atoms with Crippen molar-refractivity contribution in [3.8, 4) is 0 Å². The fourth-order valence-electron chi connectivity index (χ4n) is 1.44. The van der Waals surface area contributed by atoms with Gasteiger partial charge < -0.3 is 0 Å². The lowest BCUT2D eigenvalue weighted by atomic mass is 10.2. The van der Waals surface area contributed by atoms with Crippen LogP contribution in [0.15, 0.2) is 27.6 Å². The number of rotatable bonds is 3. The van der Waals surface area contributed by atoms with E-state index in [2.05, 4.69) is 44.7 Å². The second-order valence-electron chi connectivity index (χ2n) is 3.20. The Kier molecular flexibility index (Phi) is 3.82. The maximum absolute atomic E-state index is 3.51. The van der Waals surface area contributed by atoms with E-state index in [0.29, 0.717) is 0 Å². The molecule has 0 saturated carbocycles. The maximum atomic E-state index is 3.51. The first-order chi connectivity index (χ1) is 6.79. The van der Waals surface area contributed by atoms with Gasteiger partial charge in [-0.3, -0.25) is 0 Å². The predicted molar refractivity (Wildman–Crippen MR) is 68.8 cm³/mol. The summed E-state index contributed by atoms with van der Waals surface area (Å²) in [6, 6.07) is 6.54. The lowest BCUT2D eigenvalue weighted by Crippen LogP contribution is -2.13. The first kappa shape index (κ1) is 10.9. The van der Waals surface area contributed by atoms with Gasteiger partial charge in [0.05, 0.1) is 0 Å². The van der Waals surface area contributed by atoms with Crippen molar-refractivity contribution in [3.05, 3.63) is 28.2 Å². The number of hydrogen-bond acceptors (Lipinski definition) is 3. The topological polar surface area (TPSA) is 3.24 Å². The van der Waals surface area contributed by atoms with Gasteiger partial charge in [-0.2, -0.15) is 11.8 Å². The smallest absolute Gasteiger partial charge is 0.0356 e. The molecule has 0 atom stereocenters. The van der Waals surface area contributed by atoms with E-state index in [1.54, 1.807) is 0 Å². The van der Waals surface area contributed by atoms with Crippen LogP contribution >= 0.6 is 39.6 Å². The lowest BCUT2D eigenvalue weighted by Gasteiger charge is -2.11. The Morgan fingerprint density at radius 1 is 1.57 bits per heavy atom. The highest BCUT2D eigenvalue weighted by atomic mass is 79.9. The average Bonchev–Trinajstić information content (AvgIpc) is 2.56. The van der Waals surface area contributed by atoms with Crippen molar-refractivity contribution in [3.63, 3.8) is 0 Å². The molecule has 14 heavy (non-hydrogen) atoms. The molecule has 4 heteroatoms. The molecule has 0 N–H and O–H groups in total. The van der Waals surface area contributed by atoms with Crippen LogP contribution in [-0.2, 0) is 6.54 Å². The van der Waals surface area contributed by atoms with E-state index in [1.807, 2.05) is 23.7 Å². The van der Waals surface area contributed by atoms with E-state index in [-0.39, 0.29) is 0 Å². The standard InChI is InChI=1S/C10H12BrNS2/c1-13-5-4-12-7-8-6-9(11)2-3-10(8)14-12/h2-3,6H,4-5,7H2,1H3. The van der Waals surface area contributed by atoms with E-state index in [1.165, 1.54) is 20.7 Å². The van der Waals surface area contributed by atoms with Crippen LogP contribution in [0.25, 0.3) is 0 Å². The van der Waals surface area contributed by atoms with Gasteiger partial charge in [0.2, 0.25) is 0 Å². The predicted octanol–water partition coefficient (Wildman–Crippen LogP) is 3.63. The van der Waals surface area contributed by atoms with E-state index < -0.39 is 0 Å². The molecule has 0 aliphatic carbocycles. The average molecular weight is 290 g/mol. The molecule has 1 aromatic carbocycles. The third-order valence-corrected chi connectivity index (χ3v) is 4.39. The van der Waals surface area contributed by atoms with Gasteiger partial charge in [0.25, 0.3) is 0 Å². The SMILES string of the molecule is CSCCN1Cc2cc(Br)ccc2S1. The monoisotopic (exact) mass is 289 g/mol. The zero-order chi connectivity index (χ0) is 9.97. The van der Waals surface area contributed by atoms with Gasteiger partial charge in [-0.25, -0.2) is 4.31 Å². The van der Waals surface area contributed by atoms with Crippen LogP contribution in [0, 0.1) is 0 Å². The molecule has 0 radical (unpaired) electrons. The summed E-state index contributed by atoms with van der Waals surface area (Å²) in [6.07, 6.45) is 2.16. The quantitative estimate of drug-likeness (QED) is 0.783. The van der Waals surface area contributed by atoms with Gasteiger partial charge in [-0.15, -0.1) is 0 Å². The highest BCUT2D eigenvalue weighted by molar-refractivity contribution is 9.10. The summed E-state index contributed by atoms with van der Waals surface area (Å²) in [5.41, 5.74) is 1.45. The summed E-state index contributed by atoms with van der Waals surface area (Å²) in [7, 11) is 0. The van der Waals surface area contributed by atoms with Crippen LogP contribution in [0.3, 0.4) is 0 Å². The molecule has 0 spiro atoms. The molecule has 1 aliphatic rings. The minimum absolute atomic E-state index is 1.08. The second-order valence-corrected chi connectivity index (χ2v) is 6.24. The summed E-state index contributed by atoms with van der Waals surface area (Å²) in [6.45, 7) is 2.25. The summed E-state index contributed by atoms with van der Waals surface area (Å²) >= 11 is 7.30.